The lowest BCUT2D eigenvalue weighted by atomic mass is 9.93. The van der Waals surface area contributed by atoms with E-state index in [-0.39, 0.29) is 6.10 Å². The van der Waals surface area contributed by atoms with Gasteiger partial charge < -0.3 is 5.11 Å². The van der Waals surface area contributed by atoms with E-state index in [2.05, 4.69) is 9.88 Å². The number of halogens is 1. The second-order valence-electron chi connectivity index (χ2n) is 5.56. The number of hydrogen-bond acceptors (Lipinski definition) is 3. The lowest BCUT2D eigenvalue weighted by Crippen LogP contribution is -2.40. The smallest absolute Gasteiger partial charge is 0.129 e. The van der Waals surface area contributed by atoms with Crippen LogP contribution in [0.25, 0.3) is 0 Å². The molecular formula is C15H23ClN2O. The third-order valence-corrected chi connectivity index (χ3v) is 3.99. The van der Waals surface area contributed by atoms with Crippen LogP contribution >= 0.6 is 11.6 Å². The summed E-state index contributed by atoms with van der Waals surface area (Å²) in [4.78, 5) is 6.53. The lowest BCUT2D eigenvalue weighted by Gasteiger charge is -2.35. The first-order chi connectivity index (χ1) is 9.15. The molecule has 1 saturated carbocycles. The maximum atomic E-state index is 9.70. The number of pyridine rings is 1. The minimum Gasteiger partial charge on any atom is -0.392 e. The van der Waals surface area contributed by atoms with Gasteiger partial charge in [0.15, 0.2) is 0 Å². The minimum absolute atomic E-state index is 0.290. The Morgan fingerprint density at radius 1 is 1.37 bits per heavy atom. The SMILES string of the molecule is CC(O)CN(Cc1ccc(Cl)nc1)C1CCCCC1. The van der Waals surface area contributed by atoms with Gasteiger partial charge in [-0.3, -0.25) is 4.90 Å². The average Bonchev–Trinajstić information content (AvgIpc) is 2.41. The Hall–Kier alpha value is -0.640. The van der Waals surface area contributed by atoms with Crippen LogP contribution in [0.4, 0.5) is 0 Å². The van der Waals surface area contributed by atoms with Gasteiger partial charge in [-0.2, -0.15) is 0 Å². The minimum atomic E-state index is -0.290. The average molecular weight is 283 g/mol. The summed E-state index contributed by atoms with van der Waals surface area (Å²) in [6.07, 6.45) is 7.99. The van der Waals surface area contributed by atoms with E-state index >= 15 is 0 Å². The Morgan fingerprint density at radius 2 is 2.11 bits per heavy atom. The largest absolute Gasteiger partial charge is 0.392 e. The standard InChI is InChI=1S/C15H23ClN2O/c1-12(19)10-18(14-5-3-2-4-6-14)11-13-7-8-15(16)17-9-13/h7-9,12,14,19H,2-6,10-11H2,1H3. The van der Waals surface area contributed by atoms with Crippen molar-refractivity contribution in [1.82, 2.24) is 9.88 Å². The molecule has 0 bridgehead atoms. The molecule has 0 saturated heterocycles. The van der Waals surface area contributed by atoms with Crippen molar-refractivity contribution in [3.8, 4) is 0 Å². The monoisotopic (exact) mass is 282 g/mol. The number of rotatable bonds is 5. The summed E-state index contributed by atoms with van der Waals surface area (Å²) in [6, 6.07) is 4.45. The van der Waals surface area contributed by atoms with E-state index in [0.717, 1.165) is 18.7 Å². The number of aliphatic hydroxyl groups excluding tert-OH is 1. The molecular weight excluding hydrogens is 260 g/mol. The van der Waals surface area contributed by atoms with Gasteiger partial charge in [0.05, 0.1) is 6.10 Å². The molecule has 1 aliphatic carbocycles. The second kappa shape index (κ2) is 7.22. The first-order valence-corrected chi connectivity index (χ1v) is 7.55. The summed E-state index contributed by atoms with van der Waals surface area (Å²) in [5.41, 5.74) is 1.16. The fraction of sp³-hybridized carbons (Fsp3) is 0.667. The van der Waals surface area contributed by atoms with Crippen molar-refractivity contribution in [2.75, 3.05) is 6.54 Å². The van der Waals surface area contributed by atoms with E-state index in [1.165, 1.54) is 32.1 Å². The predicted octanol–water partition coefficient (Wildman–Crippen LogP) is 3.25. The van der Waals surface area contributed by atoms with Gasteiger partial charge in [-0.1, -0.05) is 36.9 Å². The zero-order chi connectivity index (χ0) is 13.7. The molecule has 0 aliphatic heterocycles. The van der Waals surface area contributed by atoms with Gasteiger partial charge >= 0.3 is 0 Å². The summed E-state index contributed by atoms with van der Waals surface area (Å²) >= 11 is 5.82. The first kappa shape index (κ1) is 14.8. The molecule has 2 rings (SSSR count). The summed E-state index contributed by atoms with van der Waals surface area (Å²) in [7, 11) is 0. The van der Waals surface area contributed by atoms with Crippen LogP contribution in [0.5, 0.6) is 0 Å². The summed E-state index contributed by atoms with van der Waals surface area (Å²) in [5.74, 6) is 0. The zero-order valence-electron chi connectivity index (χ0n) is 11.6. The van der Waals surface area contributed by atoms with Crippen LogP contribution in [-0.4, -0.2) is 33.7 Å². The Kier molecular flexibility index (Phi) is 5.61. The molecule has 1 N–H and O–H groups in total. The maximum Gasteiger partial charge on any atom is 0.129 e. The third-order valence-electron chi connectivity index (χ3n) is 3.76. The highest BCUT2D eigenvalue weighted by molar-refractivity contribution is 6.29. The molecule has 0 amide bonds. The van der Waals surface area contributed by atoms with E-state index in [1.54, 1.807) is 0 Å². The van der Waals surface area contributed by atoms with E-state index in [4.69, 9.17) is 11.6 Å². The quantitative estimate of drug-likeness (QED) is 0.842. The summed E-state index contributed by atoms with van der Waals surface area (Å²) in [6.45, 7) is 3.43. The lowest BCUT2D eigenvalue weighted by molar-refractivity contribution is 0.0768. The van der Waals surface area contributed by atoms with Crippen molar-refractivity contribution >= 4 is 11.6 Å². The van der Waals surface area contributed by atoms with Crippen LogP contribution in [0, 0.1) is 0 Å². The van der Waals surface area contributed by atoms with Gasteiger partial charge in [0, 0.05) is 25.3 Å². The molecule has 106 valence electrons. The fourth-order valence-corrected chi connectivity index (χ4v) is 2.97. The van der Waals surface area contributed by atoms with Crippen molar-refractivity contribution in [3.05, 3.63) is 29.0 Å². The highest BCUT2D eigenvalue weighted by Crippen LogP contribution is 2.24. The molecule has 1 unspecified atom stereocenters. The van der Waals surface area contributed by atoms with Crippen LogP contribution < -0.4 is 0 Å². The van der Waals surface area contributed by atoms with E-state index in [0.29, 0.717) is 11.2 Å². The Labute approximate surface area is 120 Å². The van der Waals surface area contributed by atoms with Gasteiger partial charge in [-0.25, -0.2) is 4.98 Å². The van der Waals surface area contributed by atoms with Crippen LogP contribution in [0.15, 0.2) is 18.3 Å². The van der Waals surface area contributed by atoms with Crippen molar-refractivity contribution in [3.63, 3.8) is 0 Å². The molecule has 1 heterocycles. The third kappa shape index (κ3) is 4.75. The fourth-order valence-electron chi connectivity index (χ4n) is 2.86. The molecule has 3 nitrogen and oxygen atoms in total. The summed E-state index contributed by atoms with van der Waals surface area (Å²) < 4.78 is 0. The molecule has 0 radical (unpaired) electrons. The topological polar surface area (TPSA) is 36.4 Å². The molecule has 1 aromatic heterocycles. The molecule has 1 aliphatic rings. The number of aromatic nitrogens is 1. The molecule has 1 aromatic rings. The summed E-state index contributed by atoms with van der Waals surface area (Å²) in [5, 5.41) is 10.2. The molecule has 19 heavy (non-hydrogen) atoms. The predicted molar refractivity (Wildman–Crippen MR) is 78.2 cm³/mol. The molecule has 1 atom stereocenters. The van der Waals surface area contributed by atoms with Gasteiger partial charge in [0.2, 0.25) is 0 Å². The van der Waals surface area contributed by atoms with Gasteiger partial charge in [-0.15, -0.1) is 0 Å². The van der Waals surface area contributed by atoms with Crippen molar-refractivity contribution in [2.24, 2.45) is 0 Å². The highest BCUT2D eigenvalue weighted by atomic mass is 35.5. The van der Waals surface area contributed by atoms with E-state index in [1.807, 2.05) is 25.3 Å². The second-order valence-corrected chi connectivity index (χ2v) is 5.95. The maximum absolute atomic E-state index is 9.70. The molecule has 0 spiro atoms. The van der Waals surface area contributed by atoms with Gasteiger partial charge in [-0.05, 0) is 31.4 Å². The highest BCUT2D eigenvalue weighted by Gasteiger charge is 2.22. The van der Waals surface area contributed by atoms with Crippen LogP contribution in [0.2, 0.25) is 5.15 Å². The van der Waals surface area contributed by atoms with Crippen LogP contribution in [-0.2, 0) is 6.54 Å². The number of hydrogen-bond donors (Lipinski definition) is 1. The Bertz CT molecular complexity index is 374. The number of aliphatic hydroxyl groups is 1. The van der Waals surface area contributed by atoms with Crippen LogP contribution in [0.1, 0.15) is 44.6 Å². The normalized spacial score (nSPS) is 18.7. The first-order valence-electron chi connectivity index (χ1n) is 7.17. The van der Waals surface area contributed by atoms with Crippen molar-refractivity contribution < 1.29 is 5.11 Å². The van der Waals surface area contributed by atoms with Crippen molar-refractivity contribution in [2.45, 2.75) is 57.7 Å². The number of nitrogens with zero attached hydrogens (tertiary/aromatic N) is 2. The zero-order valence-corrected chi connectivity index (χ0v) is 12.3. The Balaban J connectivity index is 2.01. The molecule has 0 aromatic carbocycles. The molecule has 1 fully saturated rings. The van der Waals surface area contributed by atoms with E-state index in [9.17, 15) is 5.11 Å². The molecule has 4 heteroatoms. The van der Waals surface area contributed by atoms with Gasteiger partial charge in [0.1, 0.15) is 5.15 Å². The van der Waals surface area contributed by atoms with Crippen molar-refractivity contribution in [1.29, 1.82) is 0 Å². The van der Waals surface area contributed by atoms with Gasteiger partial charge in [0.25, 0.3) is 0 Å². The van der Waals surface area contributed by atoms with Crippen LogP contribution in [0.3, 0.4) is 0 Å². The Morgan fingerprint density at radius 3 is 2.68 bits per heavy atom. The van der Waals surface area contributed by atoms with E-state index < -0.39 is 0 Å².